The van der Waals surface area contributed by atoms with E-state index in [-0.39, 0.29) is 31.9 Å². The van der Waals surface area contributed by atoms with Crippen LogP contribution in [-0.4, -0.2) is 85.6 Å². The molecule has 172 valence electrons. The van der Waals surface area contributed by atoms with Crippen molar-refractivity contribution in [2.75, 3.05) is 26.4 Å². The number of nitrogens with one attached hydrogen (secondary N) is 1. The molecular formula is C15H28N5O9P. The summed E-state index contributed by atoms with van der Waals surface area (Å²) in [5, 5.41) is 36.6. The number of aliphatic hydroxyl groups is 2. The lowest BCUT2D eigenvalue weighted by molar-refractivity contribution is -0.138. The molecule has 3 atom stereocenters. The molecule has 1 heterocycles. The maximum atomic E-state index is 11.7. The number of phosphoric acid groups is 1. The van der Waals surface area contributed by atoms with Crippen LogP contribution in [0, 0.1) is 0 Å². The number of aromatic nitrogens is 3. The third-order valence-corrected chi connectivity index (χ3v) is 4.68. The molecule has 30 heavy (non-hydrogen) atoms. The number of carbonyl (C=O) groups excluding carboxylic acids is 1. The molecule has 0 spiro atoms. The van der Waals surface area contributed by atoms with E-state index in [0.717, 1.165) is 0 Å². The number of nitrogens with zero attached hydrogens (tertiary/aromatic N) is 3. The molecule has 0 saturated heterocycles. The first-order chi connectivity index (χ1) is 14.1. The fourth-order valence-electron chi connectivity index (χ4n) is 2.12. The highest BCUT2D eigenvalue weighted by atomic mass is 31.2. The molecule has 0 aromatic carbocycles. The molecule has 14 nitrogen and oxygen atoms in total. The number of hydrogen-bond donors (Lipinski definition) is 6. The average molecular weight is 453 g/mol. The van der Waals surface area contributed by atoms with Gasteiger partial charge >= 0.3 is 13.8 Å². The van der Waals surface area contributed by atoms with Crippen LogP contribution in [0.4, 0.5) is 0 Å². The van der Waals surface area contributed by atoms with Crippen LogP contribution in [-0.2, 0) is 36.2 Å². The number of aliphatic carboxylic acids is 1. The van der Waals surface area contributed by atoms with E-state index in [1.807, 2.05) is 0 Å². The normalized spacial score (nSPS) is 15.3. The second-order valence-corrected chi connectivity index (χ2v) is 7.82. The van der Waals surface area contributed by atoms with Crippen molar-refractivity contribution in [2.24, 2.45) is 5.73 Å². The molecule has 7 N–H and O–H groups in total. The number of aliphatic hydroxyl groups excluding tert-OH is 2. The van der Waals surface area contributed by atoms with E-state index >= 15 is 0 Å². The molecular weight excluding hydrogens is 425 g/mol. The third-order valence-electron chi connectivity index (χ3n) is 3.69. The quantitative estimate of drug-likeness (QED) is 0.118. The van der Waals surface area contributed by atoms with Crippen LogP contribution in [0.3, 0.4) is 0 Å². The van der Waals surface area contributed by atoms with Crippen LogP contribution < -0.4 is 11.1 Å². The van der Waals surface area contributed by atoms with E-state index in [9.17, 15) is 19.0 Å². The van der Waals surface area contributed by atoms with Gasteiger partial charge in [-0.15, -0.1) is 5.10 Å². The predicted molar refractivity (Wildman–Crippen MR) is 101 cm³/mol. The van der Waals surface area contributed by atoms with Gasteiger partial charge in [-0.2, -0.15) is 0 Å². The molecule has 1 amide bonds. The van der Waals surface area contributed by atoms with Crippen LogP contribution in [0.1, 0.15) is 25.0 Å². The summed E-state index contributed by atoms with van der Waals surface area (Å²) < 4.78 is 22.1. The zero-order valence-corrected chi connectivity index (χ0v) is 17.2. The van der Waals surface area contributed by atoms with Gasteiger partial charge in [-0.1, -0.05) is 5.21 Å². The van der Waals surface area contributed by atoms with Crippen LogP contribution in [0.2, 0.25) is 0 Å². The highest BCUT2D eigenvalue weighted by molar-refractivity contribution is 7.47. The Kier molecular flexibility index (Phi) is 11.7. The van der Waals surface area contributed by atoms with Gasteiger partial charge < -0.3 is 31.3 Å². The Morgan fingerprint density at radius 3 is 2.73 bits per heavy atom. The Labute approximate surface area is 172 Å². The van der Waals surface area contributed by atoms with Crippen molar-refractivity contribution < 1.29 is 43.4 Å². The molecule has 0 radical (unpaired) electrons. The number of carbonyl (C=O) groups is 2. The smallest absolute Gasteiger partial charge is 0.472 e. The van der Waals surface area contributed by atoms with Gasteiger partial charge in [0.15, 0.2) is 0 Å². The number of unbranched alkanes of at least 4 members (excludes halogenated alkanes) is 1. The lowest BCUT2D eigenvalue weighted by Crippen LogP contribution is -2.32. The molecule has 3 unspecified atom stereocenters. The predicted octanol–water partition coefficient (Wildman–Crippen LogP) is -1.99. The second kappa shape index (κ2) is 13.4. The van der Waals surface area contributed by atoms with Crippen molar-refractivity contribution in [2.45, 2.75) is 44.4 Å². The number of aryl methyl sites for hydroxylation is 1. The highest BCUT2D eigenvalue weighted by Crippen LogP contribution is 2.42. The number of hydrogen-bond acceptors (Lipinski definition) is 10. The van der Waals surface area contributed by atoms with Crippen molar-refractivity contribution in [1.29, 1.82) is 0 Å². The zero-order chi connectivity index (χ0) is 22.6. The third kappa shape index (κ3) is 11.3. The van der Waals surface area contributed by atoms with Gasteiger partial charge in [-0.25, -0.2) is 4.57 Å². The minimum Gasteiger partial charge on any atom is -0.480 e. The molecule has 0 fully saturated rings. The largest absolute Gasteiger partial charge is 0.480 e. The zero-order valence-electron chi connectivity index (χ0n) is 16.3. The Hall–Kier alpha value is -1.93. The lowest BCUT2D eigenvalue weighted by atomic mass is 10.2. The van der Waals surface area contributed by atoms with E-state index in [4.69, 9.17) is 21.1 Å². The van der Waals surface area contributed by atoms with E-state index in [1.165, 1.54) is 0 Å². The molecule has 0 saturated carbocycles. The van der Waals surface area contributed by atoms with Crippen LogP contribution in [0.25, 0.3) is 0 Å². The molecule has 1 aromatic rings. The van der Waals surface area contributed by atoms with E-state index < -0.39 is 39.2 Å². The Morgan fingerprint density at radius 2 is 2.07 bits per heavy atom. The second-order valence-electron chi connectivity index (χ2n) is 6.36. The van der Waals surface area contributed by atoms with Gasteiger partial charge in [-0.3, -0.25) is 23.3 Å². The molecule has 1 aromatic heterocycles. The SMILES string of the molecule is NC(Cc1cn(CCCCC(=O)NCCOP(=O)(O)OCC(O)CO)nn1)C(=O)O. The van der Waals surface area contributed by atoms with Crippen molar-refractivity contribution in [3.05, 3.63) is 11.9 Å². The minimum absolute atomic E-state index is 0.00837. The monoisotopic (exact) mass is 453 g/mol. The molecule has 15 heteroatoms. The van der Waals surface area contributed by atoms with E-state index in [2.05, 4.69) is 24.7 Å². The summed E-state index contributed by atoms with van der Waals surface area (Å²) in [6.07, 6.45) is 1.80. The summed E-state index contributed by atoms with van der Waals surface area (Å²) >= 11 is 0. The first-order valence-corrected chi connectivity index (χ1v) is 10.7. The molecule has 0 bridgehead atoms. The van der Waals surface area contributed by atoms with Crippen LogP contribution >= 0.6 is 7.82 Å². The molecule has 0 aliphatic rings. The number of amides is 1. The summed E-state index contributed by atoms with van der Waals surface area (Å²) in [6, 6.07) is -1.04. The Balaban J connectivity index is 2.13. The maximum absolute atomic E-state index is 11.7. The number of carboxylic acid groups (broad SMARTS) is 1. The van der Waals surface area contributed by atoms with Crippen LogP contribution in [0.15, 0.2) is 6.20 Å². The van der Waals surface area contributed by atoms with Gasteiger partial charge in [0.2, 0.25) is 5.91 Å². The first kappa shape index (κ1) is 26.1. The van der Waals surface area contributed by atoms with Crippen molar-refractivity contribution in [3.8, 4) is 0 Å². The van der Waals surface area contributed by atoms with Crippen molar-refractivity contribution in [3.63, 3.8) is 0 Å². The molecule has 0 aliphatic carbocycles. The standard InChI is InChI=1S/C15H28N5O9P/c16-13(15(24)25)7-11-8-20(19-18-11)5-2-1-3-14(23)17-4-6-28-30(26,27)29-10-12(22)9-21/h8,12-13,21-22H,1-7,9-10,16H2,(H,17,23)(H,24,25)(H,26,27). The van der Waals surface area contributed by atoms with E-state index in [0.29, 0.717) is 25.1 Å². The minimum atomic E-state index is -4.37. The van der Waals surface area contributed by atoms with Gasteiger partial charge in [0.25, 0.3) is 0 Å². The first-order valence-electron chi connectivity index (χ1n) is 9.18. The number of carboxylic acids is 1. The van der Waals surface area contributed by atoms with Crippen LogP contribution in [0.5, 0.6) is 0 Å². The molecule has 0 aliphatic heterocycles. The van der Waals surface area contributed by atoms with Gasteiger partial charge in [-0.05, 0) is 12.8 Å². The highest BCUT2D eigenvalue weighted by Gasteiger charge is 2.22. The Morgan fingerprint density at radius 1 is 1.33 bits per heavy atom. The van der Waals surface area contributed by atoms with Crippen molar-refractivity contribution >= 4 is 19.7 Å². The van der Waals surface area contributed by atoms with Gasteiger partial charge in [0.05, 0.1) is 25.5 Å². The summed E-state index contributed by atoms with van der Waals surface area (Å²) in [7, 11) is -4.37. The number of nitrogens with two attached hydrogens (primary N) is 1. The van der Waals surface area contributed by atoms with Gasteiger partial charge in [0.1, 0.15) is 12.1 Å². The Bertz CT molecular complexity index is 716. The average Bonchev–Trinajstić information content (AvgIpc) is 3.14. The summed E-state index contributed by atoms with van der Waals surface area (Å²) in [4.78, 5) is 31.8. The number of phosphoric ester groups is 1. The van der Waals surface area contributed by atoms with Crippen molar-refractivity contribution in [1.82, 2.24) is 20.3 Å². The van der Waals surface area contributed by atoms with Gasteiger partial charge in [0, 0.05) is 32.1 Å². The fraction of sp³-hybridized carbons (Fsp3) is 0.733. The topological polar surface area (TPSA) is 219 Å². The fourth-order valence-corrected chi connectivity index (χ4v) is 2.88. The summed E-state index contributed by atoms with van der Waals surface area (Å²) in [6.45, 7) is -0.958. The lowest BCUT2D eigenvalue weighted by Gasteiger charge is -2.14. The summed E-state index contributed by atoms with van der Waals surface area (Å²) in [5.41, 5.74) is 5.90. The number of rotatable bonds is 16. The maximum Gasteiger partial charge on any atom is 0.472 e. The molecule has 1 rings (SSSR count). The van der Waals surface area contributed by atoms with E-state index in [1.54, 1.807) is 10.9 Å². The summed E-state index contributed by atoms with van der Waals surface area (Å²) in [5.74, 6) is -1.38.